The van der Waals surface area contributed by atoms with Crippen molar-refractivity contribution >= 4 is 38.4 Å². The van der Waals surface area contributed by atoms with E-state index in [1.165, 1.54) is 12.1 Å². The van der Waals surface area contributed by atoms with Crippen LogP contribution in [0.5, 0.6) is 0 Å². The lowest BCUT2D eigenvalue weighted by Crippen LogP contribution is -2.26. The molecule has 7 nitrogen and oxygen atoms in total. The average molecular weight is 467 g/mol. The molecule has 0 aliphatic carbocycles. The lowest BCUT2D eigenvalue weighted by molar-refractivity contribution is 0.0955. The molecule has 2 heterocycles. The van der Waals surface area contributed by atoms with Gasteiger partial charge in [-0.1, -0.05) is 23.7 Å². The molecular weight excluding hydrogens is 448 g/mol. The minimum atomic E-state index is -3.73. The Kier molecular flexibility index (Phi) is 6.18. The molecule has 3 N–H and O–H groups in total. The molecule has 0 aliphatic rings. The Labute approximate surface area is 190 Å². The van der Waals surface area contributed by atoms with Gasteiger partial charge in [-0.3, -0.25) is 9.78 Å². The van der Waals surface area contributed by atoms with E-state index < -0.39 is 10.0 Å². The van der Waals surface area contributed by atoms with Gasteiger partial charge in [0, 0.05) is 34.9 Å². The van der Waals surface area contributed by atoms with Gasteiger partial charge in [0.05, 0.1) is 21.7 Å². The van der Waals surface area contributed by atoms with Crippen LogP contribution in [0.15, 0.2) is 78.0 Å². The minimum Gasteiger partial charge on any atom is -0.352 e. The summed E-state index contributed by atoms with van der Waals surface area (Å²) in [5, 5.41) is 9.21. The first kappa shape index (κ1) is 21.9. The predicted molar refractivity (Wildman–Crippen MR) is 124 cm³/mol. The van der Waals surface area contributed by atoms with E-state index in [-0.39, 0.29) is 10.8 Å². The summed E-state index contributed by atoms with van der Waals surface area (Å²) in [6.45, 7) is 0.364. The monoisotopic (exact) mass is 466 g/mol. The molecule has 0 saturated heterocycles. The summed E-state index contributed by atoms with van der Waals surface area (Å²) in [6, 6.07) is 16.9. The fourth-order valence-corrected chi connectivity index (χ4v) is 4.01. The highest BCUT2D eigenvalue weighted by Crippen LogP contribution is 2.27. The molecule has 0 aliphatic heterocycles. The van der Waals surface area contributed by atoms with E-state index in [0.717, 1.165) is 11.1 Å². The number of hydrogen-bond acceptors (Lipinski definition) is 5. The van der Waals surface area contributed by atoms with Gasteiger partial charge in [0.15, 0.2) is 0 Å². The Morgan fingerprint density at radius 2 is 1.72 bits per heavy atom. The molecule has 2 aromatic heterocycles. The number of halogens is 1. The third kappa shape index (κ3) is 4.94. The van der Waals surface area contributed by atoms with Crippen LogP contribution in [0.3, 0.4) is 0 Å². The molecule has 9 heteroatoms. The number of nitrogens with two attached hydrogens (primary N) is 1. The second-order valence-corrected chi connectivity index (χ2v) is 9.15. The number of aromatic nitrogens is 2. The minimum absolute atomic E-state index is 0.0501. The molecule has 4 aromatic rings. The zero-order chi connectivity index (χ0) is 22.7. The maximum absolute atomic E-state index is 13.0. The molecule has 0 atom stereocenters. The lowest BCUT2D eigenvalue weighted by atomic mass is 10.0. The average Bonchev–Trinajstić information content (AvgIpc) is 2.78. The Morgan fingerprint density at radius 1 is 1.00 bits per heavy atom. The van der Waals surface area contributed by atoms with Crippen molar-refractivity contribution < 1.29 is 13.2 Å². The number of fused-ring (bicyclic) bond motifs is 1. The quantitative estimate of drug-likeness (QED) is 0.450. The van der Waals surface area contributed by atoms with Gasteiger partial charge in [-0.05, 0) is 60.5 Å². The van der Waals surface area contributed by atoms with Crippen molar-refractivity contribution in [3.63, 3.8) is 0 Å². The number of primary sulfonamides is 1. The van der Waals surface area contributed by atoms with Crippen LogP contribution in [-0.2, 0) is 16.4 Å². The van der Waals surface area contributed by atoms with Crippen molar-refractivity contribution in [2.75, 3.05) is 6.54 Å². The van der Waals surface area contributed by atoms with Gasteiger partial charge < -0.3 is 5.32 Å². The number of carbonyl (C=O) groups is 1. The number of nitrogens with one attached hydrogen (secondary N) is 1. The molecule has 2 aromatic carbocycles. The van der Waals surface area contributed by atoms with Gasteiger partial charge in [0.1, 0.15) is 0 Å². The normalized spacial score (nSPS) is 11.4. The van der Waals surface area contributed by atoms with Gasteiger partial charge in [-0.2, -0.15) is 0 Å². The van der Waals surface area contributed by atoms with Crippen molar-refractivity contribution in [3.05, 3.63) is 89.2 Å². The molecule has 32 heavy (non-hydrogen) atoms. The van der Waals surface area contributed by atoms with Crippen LogP contribution >= 0.6 is 11.6 Å². The van der Waals surface area contributed by atoms with Crippen LogP contribution in [0.1, 0.15) is 15.9 Å². The summed E-state index contributed by atoms with van der Waals surface area (Å²) in [7, 11) is -3.73. The fraction of sp³-hybridized carbons (Fsp3) is 0.0870. The number of sulfonamides is 1. The Balaban J connectivity index is 1.56. The fourth-order valence-electron chi connectivity index (χ4n) is 3.32. The van der Waals surface area contributed by atoms with Crippen LogP contribution in [0, 0.1) is 0 Å². The maximum Gasteiger partial charge on any atom is 0.252 e. The summed E-state index contributed by atoms with van der Waals surface area (Å²) < 4.78 is 22.7. The first-order valence-corrected chi connectivity index (χ1v) is 11.6. The SMILES string of the molecule is NS(=O)(=O)c1ccc(CCNC(=O)c2cc(-c3ccncc3)nc3ccc(Cl)cc23)cc1. The van der Waals surface area contributed by atoms with Gasteiger partial charge in [-0.15, -0.1) is 0 Å². The third-order valence-electron chi connectivity index (χ3n) is 4.94. The summed E-state index contributed by atoms with van der Waals surface area (Å²) in [5.41, 5.74) is 3.51. The number of nitrogens with zero attached hydrogens (tertiary/aromatic N) is 2. The van der Waals surface area contributed by atoms with Crippen molar-refractivity contribution in [1.29, 1.82) is 0 Å². The molecule has 1 amide bonds. The lowest BCUT2D eigenvalue weighted by Gasteiger charge is -2.11. The van der Waals surface area contributed by atoms with Crippen LogP contribution in [0.2, 0.25) is 5.02 Å². The van der Waals surface area contributed by atoms with Crippen LogP contribution in [0.4, 0.5) is 0 Å². The summed E-state index contributed by atoms with van der Waals surface area (Å²) >= 11 is 6.16. The largest absolute Gasteiger partial charge is 0.352 e. The van der Waals surface area contributed by atoms with Crippen molar-refractivity contribution in [2.45, 2.75) is 11.3 Å². The summed E-state index contributed by atoms with van der Waals surface area (Å²) in [6.07, 6.45) is 3.87. The van der Waals surface area contributed by atoms with E-state index in [1.807, 2.05) is 12.1 Å². The zero-order valence-corrected chi connectivity index (χ0v) is 18.4. The summed E-state index contributed by atoms with van der Waals surface area (Å²) in [5.74, 6) is -0.254. The number of rotatable bonds is 6. The Bertz CT molecular complexity index is 1390. The number of hydrogen-bond donors (Lipinski definition) is 2. The van der Waals surface area contributed by atoms with E-state index in [0.29, 0.717) is 40.1 Å². The van der Waals surface area contributed by atoms with E-state index in [4.69, 9.17) is 16.7 Å². The number of pyridine rings is 2. The van der Waals surface area contributed by atoms with E-state index in [2.05, 4.69) is 15.3 Å². The topological polar surface area (TPSA) is 115 Å². The van der Waals surface area contributed by atoms with Gasteiger partial charge in [0.2, 0.25) is 10.0 Å². The second kappa shape index (κ2) is 9.04. The zero-order valence-electron chi connectivity index (χ0n) is 16.8. The molecule has 4 rings (SSSR count). The first-order chi connectivity index (χ1) is 15.3. The maximum atomic E-state index is 13.0. The third-order valence-corrected chi connectivity index (χ3v) is 6.11. The van der Waals surface area contributed by atoms with Crippen LogP contribution < -0.4 is 10.5 Å². The molecule has 0 bridgehead atoms. The van der Waals surface area contributed by atoms with Gasteiger partial charge in [-0.25, -0.2) is 18.5 Å². The highest BCUT2D eigenvalue weighted by molar-refractivity contribution is 7.89. The Morgan fingerprint density at radius 3 is 2.41 bits per heavy atom. The highest BCUT2D eigenvalue weighted by atomic mass is 35.5. The number of carbonyl (C=O) groups excluding carboxylic acids is 1. The standard InChI is InChI=1S/C23H19ClN4O3S/c24-17-3-6-21-19(13-17)20(14-22(28-21)16-8-10-26-11-9-16)23(29)27-12-7-15-1-4-18(5-2-15)32(25,30)31/h1-6,8-11,13-14H,7,12H2,(H,27,29)(H2,25,30,31). The van der Waals surface area contributed by atoms with Gasteiger partial charge in [0.25, 0.3) is 5.91 Å². The number of amides is 1. The molecule has 162 valence electrons. The van der Waals surface area contributed by atoms with E-state index in [9.17, 15) is 13.2 Å². The first-order valence-electron chi connectivity index (χ1n) is 9.72. The smallest absolute Gasteiger partial charge is 0.252 e. The molecule has 0 radical (unpaired) electrons. The molecule has 0 unspecified atom stereocenters. The van der Waals surface area contributed by atoms with Crippen molar-refractivity contribution in [3.8, 4) is 11.3 Å². The van der Waals surface area contributed by atoms with E-state index in [1.54, 1.807) is 48.8 Å². The molecule has 0 spiro atoms. The predicted octanol–water partition coefficient (Wildman–Crippen LogP) is 3.57. The van der Waals surface area contributed by atoms with Gasteiger partial charge >= 0.3 is 0 Å². The highest BCUT2D eigenvalue weighted by Gasteiger charge is 2.15. The van der Waals surface area contributed by atoms with Crippen LogP contribution in [-0.4, -0.2) is 30.8 Å². The van der Waals surface area contributed by atoms with Crippen molar-refractivity contribution in [2.24, 2.45) is 5.14 Å². The second-order valence-electron chi connectivity index (χ2n) is 7.15. The van der Waals surface area contributed by atoms with Crippen molar-refractivity contribution in [1.82, 2.24) is 15.3 Å². The van der Waals surface area contributed by atoms with Crippen LogP contribution in [0.25, 0.3) is 22.2 Å². The summed E-state index contributed by atoms with van der Waals surface area (Å²) in [4.78, 5) is 21.8. The number of benzene rings is 2. The molecule has 0 fully saturated rings. The molecule has 0 saturated carbocycles. The molecular formula is C23H19ClN4O3S. The Hall–Kier alpha value is -3.33. The van der Waals surface area contributed by atoms with E-state index >= 15 is 0 Å².